The fourth-order valence-corrected chi connectivity index (χ4v) is 3.84. The molecule has 6 nitrogen and oxygen atoms in total. The first-order valence-electron chi connectivity index (χ1n) is 9.87. The standard InChI is InChI=1S/C22H25N5O/c28-22(25-24-15-19-14-23-21-9-5-4-8-20(19)21)17-27-12-10-26(11-13-27)16-18-6-2-1-3-7-18/h1-9,14-15,23H,10-13,16-17H2,(H,25,28)/p+2. The van der Waals surface area contributed by atoms with Crippen LogP contribution >= 0.6 is 0 Å². The van der Waals surface area contributed by atoms with E-state index in [2.05, 4.69) is 45.8 Å². The van der Waals surface area contributed by atoms with E-state index in [1.807, 2.05) is 30.5 Å². The van der Waals surface area contributed by atoms with Gasteiger partial charge in [0.1, 0.15) is 32.7 Å². The van der Waals surface area contributed by atoms with Crippen molar-refractivity contribution >= 4 is 23.0 Å². The molecule has 4 rings (SSSR count). The highest BCUT2D eigenvalue weighted by Crippen LogP contribution is 2.15. The number of aromatic nitrogens is 1. The van der Waals surface area contributed by atoms with Crippen molar-refractivity contribution in [2.24, 2.45) is 5.10 Å². The van der Waals surface area contributed by atoms with Gasteiger partial charge in [-0.05, 0) is 6.07 Å². The fourth-order valence-electron chi connectivity index (χ4n) is 3.84. The van der Waals surface area contributed by atoms with Gasteiger partial charge >= 0.3 is 0 Å². The van der Waals surface area contributed by atoms with Crippen molar-refractivity contribution in [3.8, 4) is 0 Å². The van der Waals surface area contributed by atoms with Crippen LogP contribution in [-0.4, -0.2) is 49.8 Å². The Bertz CT molecular complexity index is 942. The van der Waals surface area contributed by atoms with Crippen molar-refractivity contribution in [1.29, 1.82) is 0 Å². The zero-order valence-electron chi connectivity index (χ0n) is 15.9. The van der Waals surface area contributed by atoms with Crippen LogP contribution in [0.4, 0.5) is 0 Å². The molecule has 3 aromatic rings. The molecule has 6 heteroatoms. The van der Waals surface area contributed by atoms with Crippen LogP contribution in [0.1, 0.15) is 11.1 Å². The molecule has 0 spiro atoms. The summed E-state index contributed by atoms with van der Waals surface area (Å²) in [6, 6.07) is 18.7. The Morgan fingerprint density at radius 2 is 1.71 bits per heavy atom. The number of aromatic amines is 1. The lowest BCUT2D eigenvalue weighted by Crippen LogP contribution is -3.28. The second-order valence-electron chi connectivity index (χ2n) is 7.42. The molecule has 0 saturated carbocycles. The highest BCUT2D eigenvalue weighted by molar-refractivity contribution is 5.99. The predicted octanol–water partition coefficient (Wildman–Crippen LogP) is -0.398. The van der Waals surface area contributed by atoms with Crippen molar-refractivity contribution < 1.29 is 14.6 Å². The number of H-pyrrole nitrogens is 1. The van der Waals surface area contributed by atoms with Crippen molar-refractivity contribution in [2.75, 3.05) is 32.7 Å². The zero-order chi connectivity index (χ0) is 19.2. The maximum atomic E-state index is 12.2. The zero-order valence-corrected chi connectivity index (χ0v) is 15.9. The average molecular weight is 377 g/mol. The summed E-state index contributed by atoms with van der Waals surface area (Å²) >= 11 is 0. The Hall–Kier alpha value is -2.96. The number of hydrogen-bond acceptors (Lipinski definition) is 2. The number of fused-ring (bicyclic) bond motifs is 1. The number of nitrogens with zero attached hydrogens (tertiary/aromatic N) is 1. The van der Waals surface area contributed by atoms with Gasteiger partial charge in [-0.3, -0.25) is 4.79 Å². The number of piperazine rings is 1. The van der Waals surface area contributed by atoms with E-state index in [0.717, 1.165) is 49.2 Å². The number of para-hydroxylation sites is 1. The van der Waals surface area contributed by atoms with Crippen LogP contribution in [0.5, 0.6) is 0 Å². The number of rotatable bonds is 6. The molecule has 1 fully saturated rings. The van der Waals surface area contributed by atoms with Crippen LogP contribution in [0.15, 0.2) is 65.9 Å². The summed E-state index contributed by atoms with van der Waals surface area (Å²) in [7, 11) is 0. The van der Waals surface area contributed by atoms with Gasteiger partial charge in [0.25, 0.3) is 5.91 Å². The summed E-state index contributed by atoms with van der Waals surface area (Å²) in [5, 5.41) is 5.24. The smallest absolute Gasteiger partial charge is 0.295 e. The number of benzene rings is 2. The number of nitrogens with one attached hydrogen (secondary N) is 4. The minimum Gasteiger partial charge on any atom is -0.361 e. The molecule has 0 bridgehead atoms. The van der Waals surface area contributed by atoms with E-state index in [1.165, 1.54) is 10.5 Å². The Morgan fingerprint density at radius 1 is 1.00 bits per heavy atom. The monoisotopic (exact) mass is 377 g/mol. The van der Waals surface area contributed by atoms with Crippen molar-refractivity contribution in [3.05, 3.63) is 71.9 Å². The van der Waals surface area contributed by atoms with Crippen molar-refractivity contribution in [3.63, 3.8) is 0 Å². The molecule has 0 aliphatic carbocycles. The van der Waals surface area contributed by atoms with Crippen LogP contribution in [0.2, 0.25) is 0 Å². The lowest BCUT2D eigenvalue weighted by atomic mass is 10.2. The lowest BCUT2D eigenvalue weighted by molar-refractivity contribution is -1.02. The van der Waals surface area contributed by atoms with E-state index < -0.39 is 0 Å². The number of hydrazone groups is 1. The number of amides is 1. The molecule has 2 heterocycles. The van der Waals surface area contributed by atoms with Gasteiger partial charge in [0.15, 0.2) is 6.54 Å². The SMILES string of the molecule is O=C(C[NH+]1CC[NH+](Cc2ccccc2)CC1)NN=Cc1c[nH]c2ccccc12. The quantitative estimate of drug-likeness (QED) is 0.343. The number of quaternary nitrogens is 2. The van der Waals surface area contributed by atoms with Gasteiger partial charge in [-0.15, -0.1) is 0 Å². The van der Waals surface area contributed by atoms with Crippen LogP contribution in [0.25, 0.3) is 10.9 Å². The first kappa shape index (κ1) is 18.4. The van der Waals surface area contributed by atoms with Crippen LogP contribution < -0.4 is 15.2 Å². The van der Waals surface area contributed by atoms with Gasteiger partial charge in [0, 0.05) is 28.2 Å². The molecular weight excluding hydrogens is 350 g/mol. The Morgan fingerprint density at radius 3 is 2.54 bits per heavy atom. The van der Waals surface area contributed by atoms with Gasteiger partial charge in [0.05, 0.1) is 6.21 Å². The minimum absolute atomic E-state index is 0.0300. The highest BCUT2D eigenvalue weighted by Gasteiger charge is 2.24. The van der Waals surface area contributed by atoms with E-state index in [1.54, 1.807) is 11.1 Å². The maximum Gasteiger partial charge on any atom is 0.295 e. The normalized spacial score (nSPS) is 19.9. The van der Waals surface area contributed by atoms with Crippen molar-refractivity contribution in [2.45, 2.75) is 6.54 Å². The molecule has 0 unspecified atom stereocenters. The maximum absolute atomic E-state index is 12.2. The molecule has 0 atom stereocenters. The van der Waals surface area contributed by atoms with Gasteiger partial charge in [-0.25, -0.2) is 5.43 Å². The Balaban J connectivity index is 1.21. The molecule has 0 radical (unpaired) electrons. The second kappa shape index (κ2) is 8.82. The molecule has 28 heavy (non-hydrogen) atoms. The Labute approximate surface area is 164 Å². The molecule has 1 saturated heterocycles. The lowest BCUT2D eigenvalue weighted by Gasteiger charge is -2.29. The van der Waals surface area contributed by atoms with Gasteiger partial charge in [-0.2, -0.15) is 5.10 Å². The van der Waals surface area contributed by atoms with E-state index in [-0.39, 0.29) is 5.91 Å². The molecule has 1 amide bonds. The summed E-state index contributed by atoms with van der Waals surface area (Å²) < 4.78 is 0. The number of carbonyl (C=O) groups is 1. The minimum atomic E-state index is -0.0300. The Kier molecular flexibility index (Phi) is 5.80. The van der Waals surface area contributed by atoms with Crippen LogP contribution in [-0.2, 0) is 11.3 Å². The van der Waals surface area contributed by atoms with E-state index >= 15 is 0 Å². The summed E-state index contributed by atoms with van der Waals surface area (Å²) in [5.74, 6) is -0.0300. The molecule has 1 aromatic heterocycles. The summed E-state index contributed by atoms with van der Waals surface area (Å²) in [6.07, 6.45) is 3.61. The number of carbonyl (C=O) groups excluding carboxylic acids is 1. The van der Waals surface area contributed by atoms with Gasteiger partial charge < -0.3 is 14.8 Å². The molecule has 2 aromatic carbocycles. The van der Waals surface area contributed by atoms with Crippen LogP contribution in [0, 0.1) is 0 Å². The second-order valence-corrected chi connectivity index (χ2v) is 7.42. The first-order chi connectivity index (χ1) is 13.8. The van der Waals surface area contributed by atoms with E-state index in [4.69, 9.17) is 0 Å². The average Bonchev–Trinajstić information content (AvgIpc) is 3.14. The molecule has 1 aliphatic rings. The molecule has 144 valence electrons. The third-order valence-corrected chi connectivity index (χ3v) is 5.39. The molecular formula is C22H27N5O+2. The van der Waals surface area contributed by atoms with Gasteiger partial charge in [0.2, 0.25) is 0 Å². The third kappa shape index (κ3) is 4.65. The topological polar surface area (TPSA) is 66.1 Å². The fraction of sp³-hybridized carbons (Fsp3) is 0.273. The van der Waals surface area contributed by atoms with E-state index in [0.29, 0.717) is 6.54 Å². The largest absolute Gasteiger partial charge is 0.361 e. The predicted molar refractivity (Wildman–Crippen MR) is 110 cm³/mol. The third-order valence-electron chi connectivity index (χ3n) is 5.39. The highest BCUT2D eigenvalue weighted by atomic mass is 16.2. The van der Waals surface area contributed by atoms with Crippen LogP contribution in [0.3, 0.4) is 0 Å². The van der Waals surface area contributed by atoms with Gasteiger partial charge in [-0.1, -0.05) is 48.5 Å². The molecule has 4 N–H and O–H groups in total. The summed E-state index contributed by atoms with van der Waals surface area (Å²) in [5.41, 5.74) is 6.09. The molecule has 1 aliphatic heterocycles. The summed E-state index contributed by atoms with van der Waals surface area (Å²) in [6.45, 7) is 5.76. The first-order valence-corrected chi connectivity index (χ1v) is 9.87. The number of hydrogen-bond donors (Lipinski definition) is 4. The van der Waals surface area contributed by atoms with E-state index in [9.17, 15) is 4.79 Å². The van der Waals surface area contributed by atoms with Crippen molar-refractivity contribution in [1.82, 2.24) is 10.4 Å². The summed E-state index contributed by atoms with van der Waals surface area (Å²) in [4.78, 5) is 18.3.